The van der Waals surface area contributed by atoms with Gasteiger partial charge in [-0.3, -0.25) is 14.4 Å². The summed E-state index contributed by atoms with van der Waals surface area (Å²) in [6.07, 6.45) is 6.15. The molecular formula is C17H17N7O3. The van der Waals surface area contributed by atoms with Crippen LogP contribution < -0.4 is 0 Å². The number of rotatable bonds is 3. The van der Waals surface area contributed by atoms with Crippen molar-refractivity contribution in [1.29, 1.82) is 0 Å². The second kappa shape index (κ2) is 6.63. The van der Waals surface area contributed by atoms with Crippen LogP contribution in [-0.2, 0) is 9.59 Å². The van der Waals surface area contributed by atoms with Gasteiger partial charge < -0.3 is 14.8 Å². The van der Waals surface area contributed by atoms with E-state index in [0.29, 0.717) is 43.0 Å². The lowest BCUT2D eigenvalue weighted by atomic mass is 10.1. The van der Waals surface area contributed by atoms with Crippen molar-refractivity contribution in [3.63, 3.8) is 0 Å². The fourth-order valence-electron chi connectivity index (χ4n) is 3.15. The molecule has 1 N–H and O–H groups in total. The molecule has 4 rings (SSSR count). The summed E-state index contributed by atoms with van der Waals surface area (Å²) in [5.74, 6) is -0.777. The normalized spacial score (nSPS) is 14.6. The molecule has 27 heavy (non-hydrogen) atoms. The van der Waals surface area contributed by atoms with Crippen LogP contribution >= 0.6 is 0 Å². The number of hydrogen-bond donors (Lipinski definition) is 1. The van der Waals surface area contributed by atoms with Gasteiger partial charge in [0.05, 0.1) is 5.56 Å². The molecule has 1 fully saturated rings. The molecule has 0 atom stereocenters. The van der Waals surface area contributed by atoms with Gasteiger partial charge in [0.15, 0.2) is 5.82 Å². The molecule has 10 nitrogen and oxygen atoms in total. The van der Waals surface area contributed by atoms with Gasteiger partial charge in [0.25, 0.3) is 11.7 Å². The third-order valence-corrected chi connectivity index (χ3v) is 4.62. The highest BCUT2D eigenvalue weighted by atomic mass is 16.2. The van der Waals surface area contributed by atoms with Crippen molar-refractivity contribution >= 4 is 28.6 Å². The molecular weight excluding hydrogens is 350 g/mol. The fourth-order valence-corrected chi connectivity index (χ4v) is 3.15. The van der Waals surface area contributed by atoms with E-state index in [9.17, 15) is 14.4 Å². The van der Waals surface area contributed by atoms with E-state index in [1.54, 1.807) is 28.0 Å². The fraction of sp³-hybridized carbons (Fsp3) is 0.294. The lowest BCUT2D eigenvalue weighted by molar-refractivity contribution is -0.135. The van der Waals surface area contributed by atoms with Gasteiger partial charge in [-0.05, 0) is 6.07 Å². The van der Waals surface area contributed by atoms with Crippen molar-refractivity contribution in [3.05, 3.63) is 36.5 Å². The molecule has 2 amide bonds. The van der Waals surface area contributed by atoms with Gasteiger partial charge in [0.1, 0.15) is 17.4 Å². The summed E-state index contributed by atoms with van der Waals surface area (Å²) in [6, 6.07) is 1.76. The van der Waals surface area contributed by atoms with Crippen LogP contribution in [0.4, 0.5) is 0 Å². The first kappa shape index (κ1) is 16.9. The highest BCUT2D eigenvalue weighted by molar-refractivity contribution is 6.44. The quantitative estimate of drug-likeness (QED) is 0.515. The molecule has 138 valence electrons. The first-order valence-corrected chi connectivity index (χ1v) is 8.47. The minimum atomic E-state index is -0.636. The lowest BCUT2D eigenvalue weighted by Crippen LogP contribution is -2.51. The molecule has 0 aliphatic carbocycles. The summed E-state index contributed by atoms with van der Waals surface area (Å²) in [7, 11) is 0. The maximum absolute atomic E-state index is 12.8. The molecule has 0 radical (unpaired) electrons. The standard InChI is InChI=1S/C17H17N7O3/c1-11(25)22-5-7-23(8-6-22)17(27)15(26)12-9-18-14-13(12)19-10-20-16(14)24-4-2-3-21-24/h2-4,9-10,18H,5-8H2,1H3. The Morgan fingerprint density at radius 1 is 1.07 bits per heavy atom. The Morgan fingerprint density at radius 3 is 2.48 bits per heavy atom. The summed E-state index contributed by atoms with van der Waals surface area (Å²) in [5.41, 5.74) is 1.09. The highest BCUT2D eigenvalue weighted by Gasteiger charge is 2.29. The number of Topliss-reactive ketones (excluding diaryl/α,β-unsaturated/α-hetero) is 1. The smallest absolute Gasteiger partial charge is 0.295 e. The molecule has 3 aromatic rings. The van der Waals surface area contributed by atoms with Crippen molar-refractivity contribution in [2.45, 2.75) is 6.92 Å². The van der Waals surface area contributed by atoms with E-state index in [1.807, 2.05) is 0 Å². The average Bonchev–Trinajstić information content (AvgIpc) is 3.36. The lowest BCUT2D eigenvalue weighted by Gasteiger charge is -2.33. The van der Waals surface area contributed by atoms with E-state index in [-0.39, 0.29) is 11.5 Å². The number of hydrogen-bond acceptors (Lipinski definition) is 6. The molecule has 0 bridgehead atoms. The van der Waals surface area contributed by atoms with Crippen molar-refractivity contribution in [2.24, 2.45) is 0 Å². The average molecular weight is 367 g/mol. The van der Waals surface area contributed by atoms with Crippen LogP contribution in [0.15, 0.2) is 31.0 Å². The molecule has 10 heteroatoms. The molecule has 1 saturated heterocycles. The zero-order chi connectivity index (χ0) is 19.0. The van der Waals surface area contributed by atoms with Gasteiger partial charge in [-0.15, -0.1) is 0 Å². The third kappa shape index (κ3) is 2.94. The highest BCUT2D eigenvalue weighted by Crippen LogP contribution is 2.21. The van der Waals surface area contributed by atoms with E-state index in [1.165, 1.54) is 24.3 Å². The maximum atomic E-state index is 12.8. The van der Waals surface area contributed by atoms with Crippen LogP contribution in [0.3, 0.4) is 0 Å². The zero-order valence-corrected chi connectivity index (χ0v) is 14.6. The Morgan fingerprint density at radius 2 is 1.81 bits per heavy atom. The molecule has 1 aliphatic rings. The predicted molar refractivity (Wildman–Crippen MR) is 94.2 cm³/mol. The number of piperazine rings is 1. The number of fused-ring (bicyclic) bond motifs is 1. The van der Waals surface area contributed by atoms with E-state index < -0.39 is 11.7 Å². The molecule has 0 aromatic carbocycles. The number of carbonyl (C=O) groups excluding carboxylic acids is 3. The molecule has 0 saturated carbocycles. The Labute approximate surface area is 153 Å². The summed E-state index contributed by atoms with van der Waals surface area (Å²) < 4.78 is 1.55. The Bertz CT molecular complexity index is 1020. The number of nitrogens with zero attached hydrogens (tertiary/aromatic N) is 6. The topological polar surface area (TPSA) is 117 Å². The SMILES string of the molecule is CC(=O)N1CCN(C(=O)C(=O)c2c[nH]c3c(-n4cccn4)ncnc23)CC1. The molecule has 4 heterocycles. The second-order valence-corrected chi connectivity index (χ2v) is 6.20. The molecule has 0 spiro atoms. The summed E-state index contributed by atoms with van der Waals surface area (Å²) >= 11 is 0. The van der Waals surface area contributed by atoms with Gasteiger partial charge in [0, 0.05) is 51.7 Å². The Hall–Kier alpha value is -3.56. The van der Waals surface area contributed by atoms with E-state index in [0.717, 1.165) is 0 Å². The van der Waals surface area contributed by atoms with Crippen LogP contribution in [0.25, 0.3) is 16.9 Å². The summed E-state index contributed by atoms with van der Waals surface area (Å²) in [4.78, 5) is 51.3. The third-order valence-electron chi connectivity index (χ3n) is 4.62. The number of amides is 2. The number of H-pyrrole nitrogens is 1. The Kier molecular flexibility index (Phi) is 4.15. The van der Waals surface area contributed by atoms with Crippen LogP contribution in [0, 0.1) is 0 Å². The van der Waals surface area contributed by atoms with Crippen LogP contribution in [0.2, 0.25) is 0 Å². The number of nitrogens with one attached hydrogen (secondary N) is 1. The van der Waals surface area contributed by atoms with E-state index in [4.69, 9.17) is 0 Å². The van der Waals surface area contributed by atoms with Crippen LogP contribution in [-0.4, -0.2) is 78.3 Å². The summed E-state index contributed by atoms with van der Waals surface area (Å²) in [6.45, 7) is 3.01. The van der Waals surface area contributed by atoms with Crippen molar-refractivity contribution < 1.29 is 14.4 Å². The minimum Gasteiger partial charge on any atom is -0.356 e. The number of ketones is 1. The number of aromatic amines is 1. The number of aromatic nitrogens is 5. The Balaban J connectivity index is 1.59. The maximum Gasteiger partial charge on any atom is 0.295 e. The largest absolute Gasteiger partial charge is 0.356 e. The van der Waals surface area contributed by atoms with Crippen molar-refractivity contribution in [1.82, 2.24) is 34.5 Å². The van der Waals surface area contributed by atoms with Crippen molar-refractivity contribution in [3.8, 4) is 5.82 Å². The van der Waals surface area contributed by atoms with Crippen LogP contribution in [0.1, 0.15) is 17.3 Å². The van der Waals surface area contributed by atoms with Gasteiger partial charge in [-0.25, -0.2) is 14.6 Å². The van der Waals surface area contributed by atoms with Gasteiger partial charge in [0.2, 0.25) is 5.91 Å². The zero-order valence-electron chi connectivity index (χ0n) is 14.6. The molecule has 3 aromatic heterocycles. The van der Waals surface area contributed by atoms with Gasteiger partial charge in [-0.1, -0.05) is 0 Å². The number of carbonyl (C=O) groups is 3. The monoisotopic (exact) mass is 367 g/mol. The summed E-state index contributed by atoms with van der Waals surface area (Å²) in [5, 5.41) is 4.13. The first-order valence-electron chi connectivity index (χ1n) is 8.47. The second-order valence-electron chi connectivity index (χ2n) is 6.20. The predicted octanol–water partition coefficient (Wildman–Crippen LogP) is 0.0170. The van der Waals surface area contributed by atoms with Gasteiger partial charge in [-0.2, -0.15) is 5.10 Å². The molecule has 0 unspecified atom stereocenters. The van der Waals surface area contributed by atoms with Crippen LogP contribution in [0.5, 0.6) is 0 Å². The van der Waals surface area contributed by atoms with E-state index >= 15 is 0 Å². The first-order chi connectivity index (χ1) is 13.1. The molecule has 1 aliphatic heterocycles. The van der Waals surface area contributed by atoms with E-state index in [2.05, 4.69) is 20.1 Å². The minimum absolute atomic E-state index is 0.0343. The van der Waals surface area contributed by atoms with Gasteiger partial charge >= 0.3 is 0 Å². The van der Waals surface area contributed by atoms with Crippen molar-refractivity contribution in [2.75, 3.05) is 26.2 Å².